The fourth-order valence-corrected chi connectivity index (χ4v) is 2.01. The monoisotopic (exact) mass is 295 g/mol. The Morgan fingerprint density at radius 2 is 2.18 bits per heavy atom. The van der Waals surface area contributed by atoms with Crippen molar-refractivity contribution in [2.75, 3.05) is 12.4 Å². The second-order valence-corrected chi connectivity index (χ2v) is 4.63. The number of nitrogens with one attached hydrogen (secondary N) is 1. The van der Waals surface area contributed by atoms with Crippen molar-refractivity contribution in [3.63, 3.8) is 0 Å². The summed E-state index contributed by atoms with van der Waals surface area (Å²) in [5.41, 5.74) is 2.13. The van der Waals surface area contributed by atoms with Gasteiger partial charge >= 0.3 is 0 Å². The van der Waals surface area contributed by atoms with E-state index in [9.17, 15) is 0 Å². The van der Waals surface area contributed by atoms with Gasteiger partial charge in [0.1, 0.15) is 5.75 Å². The Morgan fingerprint density at radius 1 is 1.35 bits per heavy atom. The molecule has 1 aromatic heterocycles. The number of furan rings is 1. The van der Waals surface area contributed by atoms with Gasteiger partial charge in [0, 0.05) is 17.3 Å². The van der Waals surface area contributed by atoms with Crippen LogP contribution in [0.1, 0.15) is 18.5 Å². The SMILES string of the molecule is COc1cc(NC(C)c2ccoc2)ccc1Br. The molecule has 0 aliphatic rings. The fraction of sp³-hybridized carbons (Fsp3) is 0.231. The van der Waals surface area contributed by atoms with E-state index in [1.54, 1.807) is 19.6 Å². The van der Waals surface area contributed by atoms with Crippen molar-refractivity contribution in [3.8, 4) is 5.75 Å². The molecule has 0 saturated carbocycles. The van der Waals surface area contributed by atoms with Crippen LogP contribution in [0.25, 0.3) is 0 Å². The number of hydrogen-bond donors (Lipinski definition) is 1. The zero-order valence-corrected chi connectivity index (χ0v) is 11.3. The highest BCUT2D eigenvalue weighted by molar-refractivity contribution is 9.10. The van der Waals surface area contributed by atoms with Gasteiger partial charge in [0.05, 0.1) is 30.2 Å². The smallest absolute Gasteiger partial charge is 0.135 e. The minimum absolute atomic E-state index is 0.194. The summed E-state index contributed by atoms with van der Waals surface area (Å²) < 4.78 is 11.3. The molecule has 0 aliphatic heterocycles. The Balaban J connectivity index is 2.13. The van der Waals surface area contributed by atoms with E-state index in [-0.39, 0.29) is 6.04 Å². The van der Waals surface area contributed by atoms with E-state index >= 15 is 0 Å². The molecule has 4 heteroatoms. The molecule has 1 atom stereocenters. The summed E-state index contributed by atoms with van der Waals surface area (Å²) in [6.45, 7) is 2.08. The molecule has 0 amide bonds. The maximum absolute atomic E-state index is 5.25. The number of hydrogen-bond acceptors (Lipinski definition) is 3. The van der Waals surface area contributed by atoms with Gasteiger partial charge in [-0.05, 0) is 41.1 Å². The van der Waals surface area contributed by atoms with Crippen LogP contribution in [0.15, 0.2) is 45.7 Å². The Kier molecular flexibility index (Phi) is 3.74. The van der Waals surface area contributed by atoms with E-state index in [1.807, 2.05) is 24.3 Å². The molecule has 0 fully saturated rings. The first kappa shape index (κ1) is 12.0. The van der Waals surface area contributed by atoms with Crippen molar-refractivity contribution in [3.05, 3.63) is 46.8 Å². The largest absolute Gasteiger partial charge is 0.495 e. The summed E-state index contributed by atoms with van der Waals surface area (Å²) in [4.78, 5) is 0. The van der Waals surface area contributed by atoms with Gasteiger partial charge in [0.2, 0.25) is 0 Å². The minimum Gasteiger partial charge on any atom is -0.495 e. The third-order valence-corrected chi connectivity index (χ3v) is 3.23. The van der Waals surface area contributed by atoms with Crippen LogP contribution in [-0.4, -0.2) is 7.11 Å². The van der Waals surface area contributed by atoms with E-state index in [1.165, 1.54) is 0 Å². The van der Waals surface area contributed by atoms with Crippen molar-refractivity contribution < 1.29 is 9.15 Å². The molecule has 0 bridgehead atoms. The Bertz CT molecular complexity index is 482. The van der Waals surface area contributed by atoms with Gasteiger partial charge in [-0.25, -0.2) is 0 Å². The van der Waals surface area contributed by atoms with Crippen LogP contribution < -0.4 is 10.1 Å². The summed E-state index contributed by atoms with van der Waals surface area (Å²) >= 11 is 3.43. The maximum atomic E-state index is 5.25. The molecule has 2 rings (SSSR count). The summed E-state index contributed by atoms with van der Waals surface area (Å²) in [6, 6.07) is 8.07. The van der Waals surface area contributed by atoms with Crippen molar-refractivity contribution in [2.45, 2.75) is 13.0 Å². The number of anilines is 1. The Hall–Kier alpha value is -1.42. The number of rotatable bonds is 4. The molecule has 0 aliphatic carbocycles. The molecule has 3 nitrogen and oxygen atoms in total. The summed E-state index contributed by atoms with van der Waals surface area (Å²) in [5.74, 6) is 0.814. The highest BCUT2D eigenvalue weighted by Gasteiger charge is 2.08. The maximum Gasteiger partial charge on any atom is 0.135 e. The zero-order valence-electron chi connectivity index (χ0n) is 9.74. The van der Waals surface area contributed by atoms with E-state index in [2.05, 4.69) is 28.2 Å². The second-order valence-electron chi connectivity index (χ2n) is 3.77. The zero-order chi connectivity index (χ0) is 12.3. The second kappa shape index (κ2) is 5.27. The number of ether oxygens (including phenoxy) is 1. The average molecular weight is 296 g/mol. The predicted octanol–water partition coefficient (Wildman–Crippen LogP) is 4.22. The third kappa shape index (κ3) is 2.82. The van der Waals surface area contributed by atoms with Crippen LogP contribution in [0.2, 0.25) is 0 Å². The van der Waals surface area contributed by atoms with Gasteiger partial charge in [-0.15, -0.1) is 0 Å². The lowest BCUT2D eigenvalue weighted by Gasteiger charge is -2.14. The molecule has 17 heavy (non-hydrogen) atoms. The summed E-state index contributed by atoms with van der Waals surface area (Å²) in [5, 5.41) is 3.39. The molecule has 0 radical (unpaired) electrons. The van der Waals surface area contributed by atoms with Gasteiger partial charge in [-0.3, -0.25) is 0 Å². The van der Waals surface area contributed by atoms with Gasteiger partial charge in [0.25, 0.3) is 0 Å². The highest BCUT2D eigenvalue weighted by Crippen LogP contribution is 2.29. The Labute approximate surface area is 109 Å². The third-order valence-electron chi connectivity index (χ3n) is 2.58. The molecule has 1 unspecified atom stereocenters. The van der Waals surface area contributed by atoms with Crippen LogP contribution in [0.5, 0.6) is 5.75 Å². The van der Waals surface area contributed by atoms with E-state index < -0.39 is 0 Å². The molecule has 1 aromatic carbocycles. The Morgan fingerprint density at radius 3 is 2.82 bits per heavy atom. The van der Waals surface area contributed by atoms with Crippen molar-refractivity contribution in [1.82, 2.24) is 0 Å². The van der Waals surface area contributed by atoms with Crippen LogP contribution in [-0.2, 0) is 0 Å². The topological polar surface area (TPSA) is 34.4 Å². The quantitative estimate of drug-likeness (QED) is 0.917. The van der Waals surface area contributed by atoms with E-state index in [0.717, 1.165) is 21.5 Å². The van der Waals surface area contributed by atoms with Crippen molar-refractivity contribution >= 4 is 21.6 Å². The van der Waals surface area contributed by atoms with E-state index in [0.29, 0.717) is 0 Å². The molecule has 0 spiro atoms. The standard InChI is InChI=1S/C13H14BrNO2/c1-9(10-5-6-17-8-10)15-11-3-4-12(14)13(7-11)16-2/h3-9,15H,1-2H3. The fourth-order valence-electron chi connectivity index (χ4n) is 1.60. The molecule has 1 heterocycles. The van der Waals surface area contributed by atoms with E-state index in [4.69, 9.17) is 9.15 Å². The number of benzene rings is 1. The van der Waals surface area contributed by atoms with Crippen molar-refractivity contribution in [1.29, 1.82) is 0 Å². The molecule has 90 valence electrons. The average Bonchev–Trinajstić information content (AvgIpc) is 2.85. The predicted molar refractivity (Wildman–Crippen MR) is 71.4 cm³/mol. The summed E-state index contributed by atoms with van der Waals surface area (Å²) in [6.07, 6.45) is 3.42. The van der Waals surface area contributed by atoms with Gasteiger partial charge in [0.15, 0.2) is 0 Å². The first-order valence-corrected chi connectivity index (χ1v) is 6.12. The van der Waals surface area contributed by atoms with Gasteiger partial charge in [-0.2, -0.15) is 0 Å². The molecular weight excluding hydrogens is 282 g/mol. The summed E-state index contributed by atoms with van der Waals surface area (Å²) in [7, 11) is 1.66. The first-order valence-electron chi connectivity index (χ1n) is 5.33. The lowest BCUT2D eigenvalue weighted by atomic mass is 10.1. The normalized spacial score (nSPS) is 12.2. The van der Waals surface area contributed by atoms with Crippen LogP contribution in [0, 0.1) is 0 Å². The lowest BCUT2D eigenvalue weighted by molar-refractivity contribution is 0.412. The van der Waals surface area contributed by atoms with Gasteiger partial charge in [-0.1, -0.05) is 0 Å². The van der Waals surface area contributed by atoms with Crippen molar-refractivity contribution in [2.24, 2.45) is 0 Å². The van der Waals surface area contributed by atoms with Crippen LogP contribution >= 0.6 is 15.9 Å². The van der Waals surface area contributed by atoms with Gasteiger partial charge < -0.3 is 14.5 Å². The lowest BCUT2D eigenvalue weighted by Crippen LogP contribution is -2.05. The highest BCUT2D eigenvalue weighted by atomic mass is 79.9. The molecule has 2 aromatic rings. The van der Waals surface area contributed by atoms with Crippen LogP contribution in [0.4, 0.5) is 5.69 Å². The molecular formula is C13H14BrNO2. The van der Waals surface area contributed by atoms with Crippen LogP contribution in [0.3, 0.4) is 0 Å². The minimum atomic E-state index is 0.194. The first-order chi connectivity index (χ1) is 8.20. The molecule has 1 N–H and O–H groups in total. The number of methoxy groups -OCH3 is 1. The molecule has 0 saturated heterocycles. The number of halogens is 1.